The van der Waals surface area contributed by atoms with Gasteiger partial charge >= 0.3 is 0 Å². The van der Waals surface area contributed by atoms with E-state index in [0.717, 1.165) is 11.8 Å². The van der Waals surface area contributed by atoms with Crippen molar-refractivity contribution in [1.82, 2.24) is 4.90 Å². The first-order valence-electron chi connectivity index (χ1n) is 6.47. The number of nitrogens with one attached hydrogen (secondary N) is 1. The SMILES string of the molecule is CN(C)C(=O)c1ccc(NCc2cccc(F)c2F)cc1. The van der Waals surface area contributed by atoms with Crippen LogP contribution in [-0.2, 0) is 6.54 Å². The largest absolute Gasteiger partial charge is 0.381 e. The van der Waals surface area contributed by atoms with Gasteiger partial charge in [0.05, 0.1) is 0 Å². The molecule has 0 aliphatic carbocycles. The molecular formula is C16H16F2N2O. The fourth-order valence-corrected chi connectivity index (χ4v) is 1.87. The van der Waals surface area contributed by atoms with Crippen molar-refractivity contribution in [3.8, 4) is 0 Å². The van der Waals surface area contributed by atoms with E-state index in [-0.39, 0.29) is 18.0 Å². The van der Waals surface area contributed by atoms with Crippen LogP contribution in [0, 0.1) is 11.6 Å². The van der Waals surface area contributed by atoms with E-state index in [1.54, 1.807) is 38.4 Å². The molecule has 0 spiro atoms. The summed E-state index contributed by atoms with van der Waals surface area (Å²) in [6.45, 7) is 0.171. The standard InChI is InChI=1S/C16H16F2N2O/c1-20(2)16(21)11-6-8-13(9-7-11)19-10-12-4-3-5-14(17)15(12)18/h3-9,19H,10H2,1-2H3. The van der Waals surface area contributed by atoms with Crippen molar-refractivity contribution in [2.75, 3.05) is 19.4 Å². The molecule has 1 amide bonds. The second-order valence-corrected chi connectivity index (χ2v) is 4.84. The molecule has 0 radical (unpaired) electrons. The van der Waals surface area contributed by atoms with E-state index in [1.807, 2.05) is 0 Å². The van der Waals surface area contributed by atoms with Gasteiger partial charge in [0.15, 0.2) is 11.6 Å². The smallest absolute Gasteiger partial charge is 0.253 e. The minimum Gasteiger partial charge on any atom is -0.381 e. The van der Waals surface area contributed by atoms with Gasteiger partial charge in [-0.05, 0) is 30.3 Å². The first kappa shape index (κ1) is 15.0. The number of hydrogen-bond acceptors (Lipinski definition) is 2. The predicted octanol–water partition coefficient (Wildman–Crippen LogP) is 3.28. The molecule has 2 aromatic rings. The molecule has 2 rings (SSSR count). The monoisotopic (exact) mass is 290 g/mol. The van der Waals surface area contributed by atoms with Gasteiger partial charge in [0.25, 0.3) is 5.91 Å². The summed E-state index contributed by atoms with van der Waals surface area (Å²) in [6.07, 6.45) is 0. The number of rotatable bonds is 4. The molecule has 0 aromatic heterocycles. The van der Waals surface area contributed by atoms with Crippen molar-refractivity contribution in [2.24, 2.45) is 0 Å². The molecule has 21 heavy (non-hydrogen) atoms. The zero-order valence-electron chi connectivity index (χ0n) is 11.9. The highest BCUT2D eigenvalue weighted by atomic mass is 19.2. The lowest BCUT2D eigenvalue weighted by molar-refractivity contribution is 0.0827. The summed E-state index contributed by atoms with van der Waals surface area (Å²) >= 11 is 0. The topological polar surface area (TPSA) is 32.3 Å². The molecule has 3 nitrogen and oxygen atoms in total. The van der Waals surface area contributed by atoms with Gasteiger partial charge in [-0.3, -0.25) is 4.79 Å². The number of carbonyl (C=O) groups excluding carboxylic acids is 1. The third-order valence-electron chi connectivity index (χ3n) is 3.05. The number of halogens is 2. The highest BCUT2D eigenvalue weighted by Crippen LogP contribution is 2.15. The van der Waals surface area contributed by atoms with Crippen LogP contribution in [0.1, 0.15) is 15.9 Å². The molecule has 0 aliphatic rings. The highest BCUT2D eigenvalue weighted by molar-refractivity contribution is 5.94. The minimum atomic E-state index is -0.860. The van der Waals surface area contributed by atoms with Gasteiger partial charge < -0.3 is 10.2 Å². The second kappa shape index (κ2) is 6.35. The van der Waals surface area contributed by atoms with Crippen LogP contribution in [-0.4, -0.2) is 24.9 Å². The van der Waals surface area contributed by atoms with Crippen molar-refractivity contribution in [1.29, 1.82) is 0 Å². The number of carbonyl (C=O) groups is 1. The number of anilines is 1. The summed E-state index contributed by atoms with van der Waals surface area (Å²) in [5.41, 5.74) is 1.56. The Hall–Kier alpha value is -2.43. The average molecular weight is 290 g/mol. The van der Waals surface area contributed by atoms with Gasteiger partial charge in [-0.1, -0.05) is 12.1 Å². The summed E-state index contributed by atoms with van der Waals surface area (Å²) < 4.78 is 26.6. The fourth-order valence-electron chi connectivity index (χ4n) is 1.87. The van der Waals surface area contributed by atoms with E-state index in [0.29, 0.717) is 5.56 Å². The normalized spacial score (nSPS) is 10.3. The van der Waals surface area contributed by atoms with Crippen molar-refractivity contribution in [3.05, 3.63) is 65.2 Å². The Balaban J connectivity index is 2.04. The van der Waals surface area contributed by atoms with Crippen molar-refractivity contribution >= 4 is 11.6 Å². The Kier molecular flexibility index (Phi) is 4.52. The average Bonchev–Trinajstić information content (AvgIpc) is 2.48. The van der Waals surface area contributed by atoms with E-state index in [1.165, 1.54) is 17.0 Å². The molecule has 0 fully saturated rings. The molecule has 0 saturated heterocycles. The Morgan fingerprint density at radius 1 is 1.10 bits per heavy atom. The third kappa shape index (κ3) is 3.56. The molecular weight excluding hydrogens is 274 g/mol. The predicted molar refractivity (Wildman–Crippen MR) is 78.1 cm³/mol. The summed E-state index contributed by atoms with van der Waals surface area (Å²) in [5.74, 6) is -1.79. The lowest BCUT2D eigenvalue weighted by Crippen LogP contribution is -2.21. The molecule has 0 unspecified atom stereocenters. The van der Waals surface area contributed by atoms with Gasteiger partial charge in [-0.25, -0.2) is 8.78 Å². The Bertz CT molecular complexity index is 639. The zero-order chi connectivity index (χ0) is 15.4. The van der Waals surface area contributed by atoms with Crippen LogP contribution in [0.5, 0.6) is 0 Å². The second-order valence-electron chi connectivity index (χ2n) is 4.84. The molecule has 1 N–H and O–H groups in total. The van der Waals surface area contributed by atoms with Crippen LogP contribution in [0.15, 0.2) is 42.5 Å². The molecule has 0 saturated carbocycles. The quantitative estimate of drug-likeness (QED) is 0.937. The van der Waals surface area contributed by atoms with Gasteiger partial charge in [0.2, 0.25) is 0 Å². The number of benzene rings is 2. The van der Waals surface area contributed by atoms with Gasteiger partial charge in [0.1, 0.15) is 0 Å². The Morgan fingerprint density at radius 3 is 2.38 bits per heavy atom. The van der Waals surface area contributed by atoms with E-state index < -0.39 is 11.6 Å². The van der Waals surface area contributed by atoms with E-state index in [4.69, 9.17) is 0 Å². The van der Waals surface area contributed by atoms with E-state index in [9.17, 15) is 13.6 Å². The van der Waals surface area contributed by atoms with Crippen molar-refractivity contribution in [2.45, 2.75) is 6.54 Å². The van der Waals surface area contributed by atoms with Gasteiger partial charge in [-0.15, -0.1) is 0 Å². The lowest BCUT2D eigenvalue weighted by atomic mass is 10.1. The van der Waals surface area contributed by atoms with Gasteiger partial charge in [0, 0.05) is 37.5 Å². The molecule has 0 aliphatic heterocycles. The fraction of sp³-hybridized carbons (Fsp3) is 0.188. The lowest BCUT2D eigenvalue weighted by Gasteiger charge is -2.11. The summed E-state index contributed by atoms with van der Waals surface area (Å²) in [6, 6.07) is 10.9. The van der Waals surface area contributed by atoms with Crippen LogP contribution in [0.3, 0.4) is 0 Å². The molecule has 0 atom stereocenters. The maximum Gasteiger partial charge on any atom is 0.253 e. The van der Waals surface area contributed by atoms with Crippen molar-refractivity contribution in [3.63, 3.8) is 0 Å². The summed E-state index contributed by atoms with van der Waals surface area (Å²) in [7, 11) is 3.36. The molecule has 0 heterocycles. The number of amides is 1. The number of hydrogen-bond donors (Lipinski definition) is 1. The number of nitrogens with zero attached hydrogens (tertiary/aromatic N) is 1. The van der Waals surface area contributed by atoms with Crippen LogP contribution in [0.4, 0.5) is 14.5 Å². The van der Waals surface area contributed by atoms with Crippen LogP contribution in [0.25, 0.3) is 0 Å². The van der Waals surface area contributed by atoms with Crippen molar-refractivity contribution < 1.29 is 13.6 Å². The Labute approximate surface area is 122 Å². The van der Waals surface area contributed by atoms with Crippen LogP contribution in [0.2, 0.25) is 0 Å². The third-order valence-corrected chi connectivity index (χ3v) is 3.05. The van der Waals surface area contributed by atoms with E-state index >= 15 is 0 Å². The maximum absolute atomic E-state index is 13.5. The minimum absolute atomic E-state index is 0.0854. The van der Waals surface area contributed by atoms with E-state index in [2.05, 4.69) is 5.32 Å². The van der Waals surface area contributed by atoms with Gasteiger partial charge in [-0.2, -0.15) is 0 Å². The maximum atomic E-state index is 13.5. The summed E-state index contributed by atoms with van der Waals surface area (Å²) in [5, 5.41) is 2.99. The molecule has 2 aromatic carbocycles. The summed E-state index contributed by atoms with van der Waals surface area (Å²) in [4.78, 5) is 13.2. The molecule has 0 bridgehead atoms. The Morgan fingerprint density at radius 2 is 1.76 bits per heavy atom. The highest BCUT2D eigenvalue weighted by Gasteiger charge is 2.09. The molecule has 5 heteroatoms. The van der Waals surface area contributed by atoms with Crippen LogP contribution >= 0.6 is 0 Å². The molecule has 110 valence electrons. The zero-order valence-corrected chi connectivity index (χ0v) is 11.9. The van der Waals surface area contributed by atoms with Crippen LogP contribution < -0.4 is 5.32 Å². The first-order chi connectivity index (χ1) is 9.99. The first-order valence-corrected chi connectivity index (χ1v) is 6.47.